The zero-order valence-corrected chi connectivity index (χ0v) is 42.0. The molecule has 2 unspecified atom stereocenters. The molecule has 2 aliphatic heterocycles. The number of tetrazole rings is 1. The lowest BCUT2D eigenvalue weighted by molar-refractivity contribution is -0.142. The van der Waals surface area contributed by atoms with Crippen LogP contribution in [0.25, 0.3) is 11.1 Å². The van der Waals surface area contributed by atoms with Gasteiger partial charge in [-0.3, -0.25) is 24.1 Å². The van der Waals surface area contributed by atoms with Crippen LogP contribution in [-0.2, 0) is 39.9 Å². The van der Waals surface area contributed by atoms with E-state index in [0.29, 0.717) is 37.8 Å². The molecule has 7 rings (SSSR count). The number of aromatic nitrogens is 4. The summed E-state index contributed by atoms with van der Waals surface area (Å²) in [4.78, 5) is 73.9. The Labute approximate surface area is 420 Å². The van der Waals surface area contributed by atoms with Gasteiger partial charge in [-0.1, -0.05) is 92.4 Å². The number of hydrogen-bond donors (Lipinski definition) is 2. The summed E-state index contributed by atoms with van der Waals surface area (Å²) in [6, 6.07) is 22.5. The normalized spacial score (nSPS) is 17.1. The van der Waals surface area contributed by atoms with E-state index in [0.717, 1.165) is 46.4 Å². The quantitative estimate of drug-likeness (QED) is 0.118. The Hall–Kier alpha value is -6.73. The van der Waals surface area contributed by atoms with Gasteiger partial charge < -0.3 is 34.6 Å². The smallest absolute Gasteiger partial charge is 0.410 e. The molecular formula is C53H63N9O8S. The highest BCUT2D eigenvalue weighted by molar-refractivity contribution is 7.99. The number of likely N-dealkylation sites (tertiary alicyclic amines) is 2. The Morgan fingerprint density at radius 3 is 1.94 bits per heavy atom. The summed E-state index contributed by atoms with van der Waals surface area (Å²) in [6.45, 7) is 10.5. The lowest BCUT2D eigenvalue weighted by Gasteiger charge is -2.33. The maximum absolute atomic E-state index is 14.7. The first-order valence-electron chi connectivity index (χ1n) is 24.3. The molecule has 2 fully saturated rings. The Balaban J connectivity index is 0.991. The minimum absolute atomic E-state index is 0.0339. The molecule has 1 aliphatic carbocycles. The first kappa shape index (κ1) is 52.1. The lowest BCUT2D eigenvalue weighted by atomic mass is 9.98. The molecule has 3 aromatic carbocycles. The van der Waals surface area contributed by atoms with Crippen molar-refractivity contribution in [3.8, 4) is 34.8 Å². The number of carbonyl (C=O) groups is 5. The van der Waals surface area contributed by atoms with Crippen LogP contribution in [0.15, 0.2) is 88.9 Å². The molecule has 17 nitrogen and oxygen atoms in total. The summed E-state index contributed by atoms with van der Waals surface area (Å²) >= 11 is 1.42. The third-order valence-corrected chi connectivity index (χ3v) is 14.1. The number of hydrogen-bond acceptors (Lipinski definition) is 12. The molecule has 3 heterocycles. The monoisotopic (exact) mass is 985 g/mol. The van der Waals surface area contributed by atoms with E-state index in [4.69, 9.17) is 14.2 Å². The van der Waals surface area contributed by atoms with Crippen LogP contribution in [0.3, 0.4) is 0 Å². The number of amides is 5. The number of rotatable bonds is 19. The highest BCUT2D eigenvalue weighted by Gasteiger charge is 2.40. The molecule has 374 valence electrons. The van der Waals surface area contributed by atoms with Gasteiger partial charge in [0, 0.05) is 43.4 Å². The molecule has 2 saturated heterocycles. The minimum Gasteiger partial charge on any atom is -0.448 e. The molecule has 2 N–H and O–H groups in total. The highest BCUT2D eigenvalue weighted by Crippen LogP contribution is 2.44. The zero-order chi connectivity index (χ0) is 50.4. The lowest BCUT2D eigenvalue weighted by Crippen LogP contribution is -2.58. The second-order valence-corrected chi connectivity index (χ2v) is 19.3. The van der Waals surface area contributed by atoms with Crippen LogP contribution in [-0.4, -0.2) is 148 Å². The molecule has 4 aromatic rings. The maximum atomic E-state index is 14.7. The van der Waals surface area contributed by atoms with Crippen LogP contribution in [0.5, 0.6) is 0 Å². The highest BCUT2D eigenvalue weighted by atomic mass is 32.2. The van der Waals surface area contributed by atoms with Gasteiger partial charge in [0.2, 0.25) is 28.8 Å². The number of likely N-dealkylation sites (N-methyl/N-ethyl adjacent to an activating group) is 1. The number of fused-ring (bicyclic) bond motifs is 3. The Morgan fingerprint density at radius 2 is 1.32 bits per heavy atom. The fraction of sp³-hybridized carbons (Fsp3) is 0.472. The van der Waals surface area contributed by atoms with E-state index in [9.17, 15) is 24.0 Å². The fourth-order valence-electron chi connectivity index (χ4n) is 8.89. The molecule has 0 radical (unpaired) electrons. The summed E-state index contributed by atoms with van der Waals surface area (Å²) in [5.74, 6) is 9.36. The van der Waals surface area contributed by atoms with E-state index in [1.54, 1.807) is 49.1 Å². The predicted molar refractivity (Wildman–Crippen MR) is 266 cm³/mol. The largest absolute Gasteiger partial charge is 0.448 e. The van der Waals surface area contributed by atoms with Gasteiger partial charge in [0.05, 0.1) is 24.8 Å². The Morgan fingerprint density at radius 1 is 0.746 bits per heavy atom. The van der Waals surface area contributed by atoms with Crippen molar-refractivity contribution in [1.82, 2.24) is 45.5 Å². The second-order valence-electron chi connectivity index (χ2n) is 18.3. The van der Waals surface area contributed by atoms with Gasteiger partial charge in [-0.25, -0.2) is 9.48 Å². The number of nitrogens with zero attached hydrogens (tertiary/aromatic N) is 7. The van der Waals surface area contributed by atoms with Crippen molar-refractivity contribution in [1.29, 1.82) is 0 Å². The third kappa shape index (κ3) is 13.2. The predicted octanol–water partition coefficient (Wildman–Crippen LogP) is 5.15. The van der Waals surface area contributed by atoms with Gasteiger partial charge in [-0.15, -0.1) is 5.10 Å². The Kier molecular flexibility index (Phi) is 18.3. The van der Waals surface area contributed by atoms with Crippen molar-refractivity contribution in [2.45, 2.75) is 119 Å². The second kappa shape index (κ2) is 24.9. The van der Waals surface area contributed by atoms with E-state index in [2.05, 4.69) is 62.0 Å². The molecule has 0 saturated carbocycles. The molecule has 0 bridgehead atoms. The molecule has 3 aliphatic rings. The summed E-state index contributed by atoms with van der Waals surface area (Å²) in [7, 11) is 1.49. The molecule has 71 heavy (non-hydrogen) atoms. The molecule has 5 amide bonds. The SMILES string of the molecule is CC(C)C(=O)N[C@H](C(=O)N1CCCC1)C(C)OCC#CC#CCOC(C)[C@H](NC(=O)[C@H](C)N(C)C(=O)OCC1c2ccccc2-c2ccccc21)C(=O)N1CCC[C@H]1Cn1nnnc1Sc1ccccc1. The van der Waals surface area contributed by atoms with Crippen molar-refractivity contribution in [3.05, 3.63) is 90.0 Å². The van der Waals surface area contributed by atoms with Gasteiger partial charge in [0.15, 0.2) is 0 Å². The van der Waals surface area contributed by atoms with E-state index < -0.39 is 42.3 Å². The number of nitrogens with one attached hydrogen (secondary N) is 2. The van der Waals surface area contributed by atoms with E-state index in [1.165, 1.54) is 23.7 Å². The summed E-state index contributed by atoms with van der Waals surface area (Å²) in [5, 5.41) is 18.7. The van der Waals surface area contributed by atoms with Crippen LogP contribution < -0.4 is 10.6 Å². The fourth-order valence-corrected chi connectivity index (χ4v) is 9.69. The molecule has 1 aromatic heterocycles. The van der Waals surface area contributed by atoms with Crippen molar-refractivity contribution >= 4 is 41.5 Å². The van der Waals surface area contributed by atoms with Crippen molar-refractivity contribution in [2.75, 3.05) is 46.5 Å². The average molecular weight is 986 g/mol. The minimum atomic E-state index is -1.16. The summed E-state index contributed by atoms with van der Waals surface area (Å²) in [5.41, 5.74) is 4.33. The van der Waals surface area contributed by atoms with Gasteiger partial charge in [0.25, 0.3) is 0 Å². The van der Waals surface area contributed by atoms with Crippen LogP contribution in [0, 0.1) is 29.6 Å². The van der Waals surface area contributed by atoms with Gasteiger partial charge in [-0.2, -0.15) is 0 Å². The van der Waals surface area contributed by atoms with Crippen molar-refractivity contribution in [2.24, 2.45) is 5.92 Å². The molecule has 18 heteroatoms. The average Bonchev–Trinajstić information content (AvgIpc) is 4.23. The van der Waals surface area contributed by atoms with E-state index >= 15 is 0 Å². The van der Waals surface area contributed by atoms with Crippen molar-refractivity contribution in [3.63, 3.8) is 0 Å². The first-order valence-corrected chi connectivity index (χ1v) is 25.1. The molecular weight excluding hydrogens is 923 g/mol. The number of ether oxygens (including phenoxy) is 3. The first-order chi connectivity index (χ1) is 34.3. The topological polar surface area (TPSA) is 190 Å². The summed E-state index contributed by atoms with van der Waals surface area (Å²) < 4.78 is 19.5. The van der Waals surface area contributed by atoms with Crippen LogP contribution >= 0.6 is 11.8 Å². The molecule has 0 spiro atoms. The third-order valence-electron chi connectivity index (χ3n) is 13.2. The van der Waals surface area contributed by atoms with Gasteiger partial charge >= 0.3 is 6.09 Å². The van der Waals surface area contributed by atoms with Crippen molar-refractivity contribution < 1.29 is 38.2 Å². The number of benzene rings is 3. The zero-order valence-electron chi connectivity index (χ0n) is 41.2. The number of carbonyl (C=O) groups excluding carboxylic acids is 5. The van der Waals surface area contributed by atoms with Crippen LogP contribution in [0.1, 0.15) is 77.3 Å². The summed E-state index contributed by atoms with van der Waals surface area (Å²) in [6.07, 6.45) is 1.07. The van der Waals surface area contributed by atoms with Gasteiger partial charge in [0.1, 0.15) is 37.9 Å². The maximum Gasteiger partial charge on any atom is 0.410 e. The standard InChI is InChI=1S/C53H63N9O8S/c1-35(2)48(63)54-46(50(65)60-28-16-17-29-60)37(4)68-31-18-7-8-19-32-69-38(5)47(51(66)61-30-20-21-39(61)33-62-52(56-57-58-62)71-40-22-10-9-11-23-40)55-49(64)36(3)59(6)53(67)70-34-45-43-26-14-12-24-41(43)42-25-13-15-27-44(42)45/h9-15,22-27,35-39,45-47H,16-17,20-21,28-34H2,1-6H3,(H,54,63)(H,55,64)/t36-,37?,38?,39-,46-,47-/m0/s1. The Bertz CT molecular complexity index is 2590. The van der Waals surface area contributed by atoms with Crippen LogP contribution in [0.2, 0.25) is 0 Å². The van der Waals surface area contributed by atoms with Gasteiger partial charge in [-0.05, 0) is 115 Å². The van der Waals surface area contributed by atoms with Crippen LogP contribution in [0.4, 0.5) is 4.79 Å². The van der Waals surface area contributed by atoms with E-state index in [1.807, 2.05) is 66.7 Å². The molecule has 6 atom stereocenters. The van der Waals surface area contributed by atoms with E-state index in [-0.39, 0.29) is 55.4 Å².